The quantitative estimate of drug-likeness (QED) is 0.526. The SMILES string of the molecule is COCCCNC(=O)c1ccc(CN2C(=O)CCn3nc(-c4ccc(Cl)cc4)cc32)cc1. The number of halogens is 1. The molecule has 0 fully saturated rings. The maximum absolute atomic E-state index is 12.7. The number of anilines is 1. The van der Waals surface area contributed by atoms with Crippen molar-refractivity contribution in [2.75, 3.05) is 25.2 Å². The predicted molar refractivity (Wildman–Crippen MR) is 124 cm³/mol. The lowest BCUT2D eigenvalue weighted by atomic mass is 10.1. The zero-order valence-electron chi connectivity index (χ0n) is 17.9. The Hall–Kier alpha value is -3.16. The predicted octanol–water partition coefficient (Wildman–Crippen LogP) is 3.91. The van der Waals surface area contributed by atoms with E-state index < -0.39 is 0 Å². The third-order valence-electron chi connectivity index (χ3n) is 5.38. The van der Waals surface area contributed by atoms with Crippen LogP contribution in [0.3, 0.4) is 0 Å². The molecule has 0 radical (unpaired) electrons. The highest BCUT2D eigenvalue weighted by atomic mass is 35.5. The van der Waals surface area contributed by atoms with Crippen LogP contribution in [-0.4, -0.2) is 41.9 Å². The Bertz CT molecular complexity index is 1090. The van der Waals surface area contributed by atoms with Gasteiger partial charge in [0.15, 0.2) is 0 Å². The highest BCUT2D eigenvalue weighted by Gasteiger charge is 2.26. The fourth-order valence-corrected chi connectivity index (χ4v) is 3.77. The first-order valence-corrected chi connectivity index (χ1v) is 10.9. The molecule has 3 aromatic rings. The van der Waals surface area contributed by atoms with Crippen molar-refractivity contribution in [3.8, 4) is 11.3 Å². The van der Waals surface area contributed by atoms with E-state index in [4.69, 9.17) is 16.3 Å². The smallest absolute Gasteiger partial charge is 0.251 e. The molecule has 1 aromatic heterocycles. The molecule has 166 valence electrons. The van der Waals surface area contributed by atoms with Crippen LogP contribution >= 0.6 is 11.6 Å². The normalized spacial score (nSPS) is 13.2. The van der Waals surface area contributed by atoms with Gasteiger partial charge < -0.3 is 10.1 Å². The topological polar surface area (TPSA) is 76.5 Å². The Morgan fingerprint density at radius 1 is 1.16 bits per heavy atom. The maximum Gasteiger partial charge on any atom is 0.251 e. The second kappa shape index (κ2) is 9.97. The summed E-state index contributed by atoms with van der Waals surface area (Å²) in [4.78, 5) is 26.7. The lowest BCUT2D eigenvalue weighted by Crippen LogP contribution is -2.36. The van der Waals surface area contributed by atoms with E-state index in [9.17, 15) is 9.59 Å². The molecule has 1 aliphatic rings. The first-order valence-electron chi connectivity index (χ1n) is 10.6. The van der Waals surface area contributed by atoms with Crippen LogP contribution in [0.2, 0.25) is 5.02 Å². The van der Waals surface area contributed by atoms with Crippen LogP contribution in [0.25, 0.3) is 11.3 Å². The molecule has 0 atom stereocenters. The molecule has 2 heterocycles. The summed E-state index contributed by atoms with van der Waals surface area (Å²) in [5.41, 5.74) is 3.28. The minimum atomic E-state index is -0.118. The van der Waals surface area contributed by atoms with Gasteiger partial charge in [0.25, 0.3) is 5.91 Å². The van der Waals surface area contributed by atoms with E-state index in [0.717, 1.165) is 29.1 Å². The summed E-state index contributed by atoms with van der Waals surface area (Å²) in [5.74, 6) is 0.707. The van der Waals surface area contributed by atoms with Gasteiger partial charge in [-0.25, -0.2) is 4.68 Å². The number of methoxy groups -OCH3 is 1. The fourth-order valence-electron chi connectivity index (χ4n) is 3.65. The molecule has 4 rings (SSSR count). The number of carbonyl (C=O) groups excluding carboxylic acids is 2. The molecule has 0 bridgehead atoms. The molecule has 2 aromatic carbocycles. The van der Waals surface area contributed by atoms with Crippen molar-refractivity contribution in [3.05, 3.63) is 70.7 Å². The molecule has 0 saturated carbocycles. The number of amides is 2. The number of ether oxygens (including phenoxy) is 1. The number of aryl methyl sites for hydroxylation is 1. The lowest BCUT2D eigenvalue weighted by molar-refractivity contribution is -0.119. The highest BCUT2D eigenvalue weighted by molar-refractivity contribution is 6.30. The number of rotatable bonds is 8. The minimum absolute atomic E-state index is 0.0556. The van der Waals surface area contributed by atoms with Crippen molar-refractivity contribution in [3.63, 3.8) is 0 Å². The molecule has 0 spiro atoms. The van der Waals surface area contributed by atoms with Gasteiger partial charge in [-0.2, -0.15) is 5.10 Å². The van der Waals surface area contributed by atoms with E-state index in [1.807, 2.05) is 47.1 Å². The number of benzene rings is 2. The van der Waals surface area contributed by atoms with E-state index in [1.54, 1.807) is 24.1 Å². The first-order chi connectivity index (χ1) is 15.5. The number of hydrogen-bond donors (Lipinski definition) is 1. The van der Waals surface area contributed by atoms with E-state index in [-0.39, 0.29) is 11.8 Å². The van der Waals surface area contributed by atoms with Gasteiger partial charge in [-0.15, -0.1) is 0 Å². The van der Waals surface area contributed by atoms with Crippen molar-refractivity contribution in [2.45, 2.75) is 25.9 Å². The van der Waals surface area contributed by atoms with Crippen LogP contribution in [0, 0.1) is 0 Å². The van der Waals surface area contributed by atoms with Crippen LogP contribution in [0.1, 0.15) is 28.8 Å². The third-order valence-corrected chi connectivity index (χ3v) is 5.63. The van der Waals surface area contributed by atoms with Crippen LogP contribution in [-0.2, 0) is 22.6 Å². The van der Waals surface area contributed by atoms with Crippen molar-refractivity contribution < 1.29 is 14.3 Å². The highest BCUT2D eigenvalue weighted by Crippen LogP contribution is 2.29. The van der Waals surface area contributed by atoms with E-state index in [1.165, 1.54) is 0 Å². The van der Waals surface area contributed by atoms with Gasteiger partial charge in [0.1, 0.15) is 5.82 Å². The zero-order chi connectivity index (χ0) is 22.5. The monoisotopic (exact) mass is 452 g/mol. The van der Waals surface area contributed by atoms with Gasteiger partial charge in [0, 0.05) is 48.9 Å². The first kappa shape index (κ1) is 22.0. The number of aromatic nitrogens is 2. The van der Waals surface area contributed by atoms with Crippen LogP contribution < -0.4 is 10.2 Å². The second-order valence-electron chi connectivity index (χ2n) is 7.65. The Labute approximate surface area is 191 Å². The number of carbonyl (C=O) groups is 2. The van der Waals surface area contributed by atoms with E-state index >= 15 is 0 Å². The van der Waals surface area contributed by atoms with Crippen LogP contribution in [0.5, 0.6) is 0 Å². The zero-order valence-corrected chi connectivity index (χ0v) is 18.6. The third kappa shape index (κ3) is 5.00. The molecular weight excluding hydrogens is 428 g/mol. The molecule has 0 saturated heterocycles. The average molecular weight is 453 g/mol. The van der Waals surface area contributed by atoms with Gasteiger partial charge in [-0.3, -0.25) is 14.5 Å². The summed E-state index contributed by atoms with van der Waals surface area (Å²) < 4.78 is 6.86. The Balaban J connectivity index is 1.47. The Morgan fingerprint density at radius 2 is 1.91 bits per heavy atom. The number of hydrogen-bond acceptors (Lipinski definition) is 4. The molecular formula is C24H25ClN4O3. The van der Waals surface area contributed by atoms with Crippen molar-refractivity contribution in [1.29, 1.82) is 0 Å². The van der Waals surface area contributed by atoms with Crippen LogP contribution in [0.4, 0.5) is 5.82 Å². The molecule has 8 heteroatoms. The summed E-state index contributed by atoms with van der Waals surface area (Å²) in [6.07, 6.45) is 1.17. The van der Waals surface area contributed by atoms with Gasteiger partial charge in [0.05, 0.1) is 18.8 Å². The van der Waals surface area contributed by atoms with Crippen molar-refractivity contribution >= 4 is 29.2 Å². The Kier molecular flexibility index (Phi) is 6.87. The number of nitrogens with one attached hydrogen (secondary N) is 1. The summed E-state index contributed by atoms with van der Waals surface area (Å²) in [6.45, 7) is 2.15. The maximum atomic E-state index is 12.7. The second-order valence-corrected chi connectivity index (χ2v) is 8.08. The molecule has 7 nitrogen and oxygen atoms in total. The lowest BCUT2D eigenvalue weighted by Gasteiger charge is -2.27. The van der Waals surface area contributed by atoms with Gasteiger partial charge in [-0.1, -0.05) is 35.9 Å². The van der Waals surface area contributed by atoms with Crippen molar-refractivity contribution in [1.82, 2.24) is 15.1 Å². The van der Waals surface area contributed by atoms with Gasteiger partial charge in [-0.05, 0) is 36.2 Å². The van der Waals surface area contributed by atoms with Gasteiger partial charge >= 0.3 is 0 Å². The van der Waals surface area contributed by atoms with Gasteiger partial charge in [0.2, 0.25) is 5.91 Å². The molecule has 1 aliphatic heterocycles. The Morgan fingerprint density at radius 3 is 2.62 bits per heavy atom. The number of fused-ring (bicyclic) bond motifs is 1. The van der Waals surface area contributed by atoms with E-state index in [2.05, 4.69) is 10.4 Å². The summed E-state index contributed by atoms with van der Waals surface area (Å²) in [7, 11) is 1.64. The molecule has 0 unspecified atom stereocenters. The molecule has 2 amide bonds. The van der Waals surface area contributed by atoms with E-state index in [0.29, 0.717) is 43.2 Å². The summed E-state index contributed by atoms with van der Waals surface area (Å²) in [6, 6.07) is 16.8. The van der Waals surface area contributed by atoms with Crippen LogP contribution in [0.15, 0.2) is 54.6 Å². The summed E-state index contributed by atoms with van der Waals surface area (Å²) in [5, 5.41) is 8.22. The molecule has 1 N–H and O–H groups in total. The largest absolute Gasteiger partial charge is 0.385 e. The summed E-state index contributed by atoms with van der Waals surface area (Å²) >= 11 is 5.99. The standard InChI is InChI=1S/C24H25ClN4O3/c1-32-14-2-12-26-24(31)19-5-3-17(4-6-19)16-28-22-15-21(18-7-9-20(25)10-8-18)27-29(22)13-11-23(28)30/h3-10,15H,2,11-14,16H2,1H3,(H,26,31). The fraction of sp³-hybridized carbons (Fsp3) is 0.292. The van der Waals surface area contributed by atoms with Crippen molar-refractivity contribution in [2.24, 2.45) is 0 Å². The average Bonchev–Trinajstić information content (AvgIpc) is 3.24. The minimum Gasteiger partial charge on any atom is -0.385 e. The molecule has 32 heavy (non-hydrogen) atoms. The molecule has 0 aliphatic carbocycles. The number of nitrogens with zero attached hydrogens (tertiary/aromatic N) is 3.